The molecule has 1 N–H and O–H groups in total. The number of rotatable bonds is 5. The molecule has 0 aromatic rings. The first-order valence-electron chi connectivity index (χ1n) is 7.02. The average Bonchev–Trinajstić information content (AvgIpc) is 3.00. The predicted octanol–water partition coefficient (Wildman–Crippen LogP) is -0.179. The van der Waals surface area contributed by atoms with Crippen LogP contribution in [0, 0.1) is 0 Å². The van der Waals surface area contributed by atoms with Gasteiger partial charge in [-0.1, -0.05) is 15.9 Å². The summed E-state index contributed by atoms with van der Waals surface area (Å²) in [6.07, 6.45) is 1.68. The molecule has 0 saturated carbocycles. The van der Waals surface area contributed by atoms with Crippen molar-refractivity contribution in [2.45, 2.75) is 31.4 Å². The summed E-state index contributed by atoms with van der Waals surface area (Å²) in [5.41, 5.74) is 0. The van der Waals surface area contributed by atoms with Crippen LogP contribution >= 0.6 is 15.9 Å². The van der Waals surface area contributed by atoms with Crippen molar-refractivity contribution >= 4 is 33.7 Å². The van der Waals surface area contributed by atoms with Crippen LogP contribution in [0.1, 0.15) is 19.3 Å². The number of halogens is 1. The van der Waals surface area contributed by atoms with Gasteiger partial charge in [-0.05, 0) is 12.8 Å². The first-order valence-corrected chi connectivity index (χ1v) is 8.14. The van der Waals surface area contributed by atoms with E-state index in [1.54, 1.807) is 0 Å². The molecule has 0 aromatic carbocycles. The summed E-state index contributed by atoms with van der Waals surface area (Å²) in [5.74, 6) is -1.01. The van der Waals surface area contributed by atoms with Crippen LogP contribution in [0.15, 0.2) is 0 Å². The molecule has 0 radical (unpaired) electrons. The van der Waals surface area contributed by atoms with Crippen molar-refractivity contribution in [3.05, 3.63) is 0 Å². The predicted molar refractivity (Wildman–Crippen MR) is 76.9 cm³/mol. The number of nitrogens with one attached hydrogen (secondary N) is 1. The van der Waals surface area contributed by atoms with E-state index in [2.05, 4.69) is 21.2 Å². The molecule has 8 heteroatoms. The van der Waals surface area contributed by atoms with Gasteiger partial charge in [0.25, 0.3) is 0 Å². The van der Waals surface area contributed by atoms with E-state index in [4.69, 9.17) is 9.47 Å². The largest absolute Gasteiger partial charge is 0.463 e. The summed E-state index contributed by atoms with van der Waals surface area (Å²) >= 11 is 3.08. The molecule has 2 fully saturated rings. The van der Waals surface area contributed by atoms with Crippen LogP contribution in [0.2, 0.25) is 0 Å². The number of esters is 1. The molecule has 2 saturated heterocycles. The van der Waals surface area contributed by atoms with Crippen molar-refractivity contribution in [3.8, 4) is 0 Å². The fraction of sp³-hybridized carbons (Fsp3) is 0.769. The van der Waals surface area contributed by atoms with Gasteiger partial charge in [-0.3, -0.25) is 14.4 Å². The number of amides is 2. The van der Waals surface area contributed by atoms with Crippen molar-refractivity contribution in [2.75, 3.05) is 31.6 Å². The number of carbonyl (C=O) groups excluding carboxylic acids is 3. The molecule has 7 nitrogen and oxygen atoms in total. The van der Waals surface area contributed by atoms with Crippen LogP contribution in [-0.4, -0.2) is 66.5 Å². The lowest BCUT2D eigenvalue weighted by atomic mass is 10.1. The Morgan fingerprint density at radius 3 is 2.95 bits per heavy atom. The molecule has 0 aliphatic carbocycles. The second-order valence-electron chi connectivity index (χ2n) is 5.05. The van der Waals surface area contributed by atoms with Gasteiger partial charge < -0.3 is 19.7 Å². The maximum Gasteiger partial charge on any atom is 0.308 e. The lowest BCUT2D eigenvalue weighted by Gasteiger charge is -2.34. The first-order chi connectivity index (χ1) is 10.1. The van der Waals surface area contributed by atoms with E-state index in [0.29, 0.717) is 19.7 Å². The van der Waals surface area contributed by atoms with Crippen molar-refractivity contribution in [2.24, 2.45) is 0 Å². The summed E-state index contributed by atoms with van der Waals surface area (Å²) in [7, 11) is 0. The van der Waals surface area contributed by atoms with Gasteiger partial charge in [0.1, 0.15) is 12.6 Å². The highest BCUT2D eigenvalue weighted by atomic mass is 79.9. The molecule has 21 heavy (non-hydrogen) atoms. The quantitative estimate of drug-likeness (QED) is 0.541. The van der Waals surface area contributed by atoms with Gasteiger partial charge in [0.05, 0.1) is 17.9 Å². The molecular weight excluding hydrogens is 344 g/mol. The third kappa shape index (κ3) is 4.41. The molecule has 2 aliphatic heterocycles. The van der Waals surface area contributed by atoms with Crippen LogP contribution in [0.25, 0.3) is 0 Å². The van der Waals surface area contributed by atoms with Crippen molar-refractivity contribution < 1.29 is 23.9 Å². The standard InChI is InChI=1S/C13H19BrN2O5/c14-7-11(17)16-4-3-15-13(19)10(16)6-12(18)21-8-9-2-1-5-20-9/h9-10H,1-8H2,(H,15,19). The number of hydrogen-bond donors (Lipinski definition) is 1. The number of hydrogen-bond acceptors (Lipinski definition) is 5. The lowest BCUT2D eigenvalue weighted by molar-refractivity contribution is -0.153. The van der Waals surface area contributed by atoms with E-state index in [1.165, 1.54) is 4.90 Å². The first kappa shape index (κ1) is 16.2. The minimum atomic E-state index is -0.791. The smallest absolute Gasteiger partial charge is 0.308 e. The Labute approximate surface area is 131 Å². The molecule has 118 valence electrons. The van der Waals surface area contributed by atoms with E-state index < -0.39 is 12.0 Å². The molecule has 2 aliphatic rings. The SMILES string of the molecule is O=C(CC1C(=O)NCCN1C(=O)CBr)OCC1CCCO1. The number of ether oxygens (including phenoxy) is 2. The molecule has 0 bridgehead atoms. The van der Waals surface area contributed by atoms with Crippen molar-refractivity contribution in [3.63, 3.8) is 0 Å². The lowest BCUT2D eigenvalue weighted by Crippen LogP contribution is -2.58. The maximum atomic E-state index is 11.9. The van der Waals surface area contributed by atoms with Crippen LogP contribution < -0.4 is 5.32 Å². The van der Waals surface area contributed by atoms with Gasteiger partial charge in [-0.25, -0.2) is 0 Å². The Morgan fingerprint density at radius 1 is 1.48 bits per heavy atom. The topological polar surface area (TPSA) is 84.9 Å². The Morgan fingerprint density at radius 2 is 2.29 bits per heavy atom. The zero-order valence-corrected chi connectivity index (χ0v) is 13.3. The zero-order chi connectivity index (χ0) is 15.2. The van der Waals surface area contributed by atoms with E-state index in [1.807, 2.05) is 0 Å². The van der Waals surface area contributed by atoms with Crippen molar-refractivity contribution in [1.82, 2.24) is 10.2 Å². The summed E-state index contributed by atoms with van der Waals surface area (Å²) in [6, 6.07) is -0.791. The van der Waals surface area contributed by atoms with E-state index in [-0.39, 0.29) is 36.3 Å². The Kier molecular flexibility index (Phi) is 5.98. The van der Waals surface area contributed by atoms with Gasteiger partial charge in [0.2, 0.25) is 11.8 Å². The van der Waals surface area contributed by atoms with Gasteiger partial charge >= 0.3 is 5.97 Å². The Bertz CT molecular complexity index is 411. The third-order valence-corrected chi connectivity index (χ3v) is 4.06. The zero-order valence-electron chi connectivity index (χ0n) is 11.7. The molecule has 2 atom stereocenters. The second-order valence-corrected chi connectivity index (χ2v) is 5.61. The maximum absolute atomic E-state index is 11.9. The molecule has 2 heterocycles. The average molecular weight is 363 g/mol. The van der Waals surface area contributed by atoms with Crippen LogP contribution in [-0.2, 0) is 23.9 Å². The van der Waals surface area contributed by atoms with Crippen molar-refractivity contribution in [1.29, 1.82) is 0 Å². The molecule has 0 spiro atoms. The molecular formula is C13H19BrN2O5. The summed E-state index contributed by atoms with van der Waals surface area (Å²) < 4.78 is 10.5. The number of alkyl halides is 1. The molecule has 2 unspecified atom stereocenters. The fourth-order valence-electron chi connectivity index (χ4n) is 2.47. The van der Waals surface area contributed by atoms with E-state index in [0.717, 1.165) is 12.8 Å². The van der Waals surface area contributed by atoms with Gasteiger partial charge in [-0.2, -0.15) is 0 Å². The summed E-state index contributed by atoms with van der Waals surface area (Å²) in [6.45, 7) is 1.71. The highest BCUT2D eigenvalue weighted by molar-refractivity contribution is 9.09. The van der Waals surface area contributed by atoms with Crippen LogP contribution in [0.3, 0.4) is 0 Å². The molecule has 2 rings (SSSR count). The molecule has 0 aromatic heterocycles. The monoisotopic (exact) mass is 362 g/mol. The van der Waals surface area contributed by atoms with Crippen LogP contribution in [0.5, 0.6) is 0 Å². The fourth-order valence-corrected chi connectivity index (χ4v) is 2.79. The third-order valence-electron chi connectivity index (χ3n) is 3.58. The van der Waals surface area contributed by atoms with E-state index in [9.17, 15) is 14.4 Å². The minimum absolute atomic E-state index is 0.0468. The minimum Gasteiger partial charge on any atom is -0.463 e. The van der Waals surface area contributed by atoms with Gasteiger partial charge in [-0.15, -0.1) is 0 Å². The van der Waals surface area contributed by atoms with Gasteiger partial charge in [0.15, 0.2) is 0 Å². The van der Waals surface area contributed by atoms with E-state index >= 15 is 0 Å². The van der Waals surface area contributed by atoms with Gasteiger partial charge in [0, 0.05) is 19.7 Å². The summed E-state index contributed by atoms with van der Waals surface area (Å²) in [4.78, 5) is 36.9. The number of nitrogens with zero attached hydrogens (tertiary/aromatic N) is 1. The number of piperazine rings is 1. The second kappa shape index (κ2) is 7.74. The van der Waals surface area contributed by atoms with Crippen LogP contribution in [0.4, 0.5) is 0 Å². The highest BCUT2D eigenvalue weighted by Crippen LogP contribution is 2.14. The summed E-state index contributed by atoms with van der Waals surface area (Å²) in [5, 5.41) is 2.79. The number of carbonyl (C=O) groups is 3. The molecule has 2 amide bonds. The normalized spacial score (nSPS) is 25.6. The highest BCUT2D eigenvalue weighted by Gasteiger charge is 2.34. The Balaban J connectivity index is 1.86. The Hall–Kier alpha value is -1.15.